The molecule has 0 amide bonds. The van der Waals surface area contributed by atoms with E-state index >= 15 is 0 Å². The lowest BCUT2D eigenvalue weighted by molar-refractivity contribution is -0.213. The third-order valence-electron chi connectivity index (χ3n) is 9.10. The molecule has 4 rings (SSSR count). The molecule has 228 valence electrons. The van der Waals surface area contributed by atoms with Crippen molar-refractivity contribution in [3.63, 3.8) is 0 Å². The average Bonchev–Trinajstić information content (AvgIpc) is 3.58. The normalized spacial score (nSPS) is 33.0. The highest BCUT2D eigenvalue weighted by Crippen LogP contribution is 2.37. The number of hydrogen-bond donors (Lipinski definition) is 0. The first kappa shape index (κ1) is 31.7. The maximum absolute atomic E-state index is 6.56. The van der Waals surface area contributed by atoms with E-state index in [1.807, 2.05) is 0 Å². The van der Waals surface area contributed by atoms with Gasteiger partial charge in [0.15, 0.2) is 12.1 Å². The van der Waals surface area contributed by atoms with E-state index in [0.29, 0.717) is 6.10 Å². The zero-order chi connectivity index (χ0) is 27.3. The standard InChI is InChI=1S/C33H60O6/c1-4-5-6-7-8-9-10-11-12-13-14-15-18-29-30(39-33(2,3)38-29)23-22-27(37-32-19-16-17-24-34-32)26-20-21-28(36-26)31-25-35-31/h26-32H,4-25H2,1-3H3/t26-,27-,28-,29-,30-,31+,32?/m1/s1. The van der Waals surface area contributed by atoms with Crippen molar-refractivity contribution in [2.75, 3.05) is 13.2 Å². The Morgan fingerprint density at radius 1 is 0.718 bits per heavy atom. The molecule has 0 aliphatic carbocycles. The van der Waals surface area contributed by atoms with Gasteiger partial charge in [0.1, 0.15) is 6.10 Å². The van der Waals surface area contributed by atoms with Crippen molar-refractivity contribution in [1.29, 1.82) is 0 Å². The third kappa shape index (κ3) is 11.5. The molecule has 4 fully saturated rings. The van der Waals surface area contributed by atoms with Crippen molar-refractivity contribution in [1.82, 2.24) is 0 Å². The molecule has 0 spiro atoms. The Hall–Kier alpha value is -0.240. The van der Waals surface area contributed by atoms with E-state index in [-0.39, 0.29) is 36.8 Å². The first-order valence-corrected chi connectivity index (χ1v) is 16.9. The van der Waals surface area contributed by atoms with Gasteiger partial charge in [-0.15, -0.1) is 0 Å². The fourth-order valence-electron chi connectivity index (χ4n) is 6.77. The smallest absolute Gasteiger partial charge is 0.163 e. The molecule has 0 aromatic rings. The number of ether oxygens (including phenoxy) is 6. The minimum Gasteiger partial charge on any atom is -0.370 e. The number of unbranched alkanes of at least 4 members (excludes halogenated alkanes) is 11. The van der Waals surface area contributed by atoms with Gasteiger partial charge in [0, 0.05) is 6.61 Å². The molecule has 0 N–H and O–H groups in total. The molecule has 39 heavy (non-hydrogen) atoms. The first-order chi connectivity index (χ1) is 19.0. The van der Waals surface area contributed by atoms with Crippen LogP contribution in [0, 0.1) is 0 Å². The Kier molecular flexibility index (Phi) is 13.8. The van der Waals surface area contributed by atoms with Crippen LogP contribution in [-0.4, -0.2) is 61.9 Å². The highest BCUT2D eigenvalue weighted by atomic mass is 16.8. The van der Waals surface area contributed by atoms with E-state index in [0.717, 1.165) is 58.2 Å². The molecule has 0 aromatic carbocycles. The maximum Gasteiger partial charge on any atom is 0.163 e. The molecule has 4 heterocycles. The van der Waals surface area contributed by atoms with Crippen LogP contribution in [0.3, 0.4) is 0 Å². The first-order valence-electron chi connectivity index (χ1n) is 16.9. The third-order valence-corrected chi connectivity index (χ3v) is 9.10. The SMILES string of the molecule is CCCCCCCCCCCCCC[C@H]1OC(C)(C)O[C@@H]1CC[C@@H](OC1CCCCO1)[C@H]1CC[C@H]([C@@H]2CO2)O1. The monoisotopic (exact) mass is 552 g/mol. The molecule has 6 heteroatoms. The summed E-state index contributed by atoms with van der Waals surface area (Å²) in [5.41, 5.74) is 0. The fraction of sp³-hybridized carbons (Fsp3) is 1.00. The zero-order valence-corrected chi connectivity index (χ0v) is 25.5. The van der Waals surface area contributed by atoms with Crippen LogP contribution in [0.4, 0.5) is 0 Å². The van der Waals surface area contributed by atoms with Crippen LogP contribution in [0.2, 0.25) is 0 Å². The van der Waals surface area contributed by atoms with Crippen molar-refractivity contribution in [2.24, 2.45) is 0 Å². The van der Waals surface area contributed by atoms with Gasteiger partial charge in [0.2, 0.25) is 0 Å². The molecule has 4 aliphatic heterocycles. The summed E-state index contributed by atoms with van der Waals surface area (Å²) < 4.78 is 37.3. The Balaban J connectivity index is 1.15. The predicted octanol–water partition coefficient (Wildman–Crippen LogP) is 8.24. The maximum atomic E-state index is 6.56. The van der Waals surface area contributed by atoms with Crippen molar-refractivity contribution in [3.8, 4) is 0 Å². The second kappa shape index (κ2) is 17.0. The van der Waals surface area contributed by atoms with Crippen LogP contribution in [0.1, 0.15) is 149 Å². The molecule has 0 radical (unpaired) electrons. The highest BCUT2D eigenvalue weighted by Gasteiger charge is 2.44. The average molecular weight is 553 g/mol. The molecule has 0 bridgehead atoms. The summed E-state index contributed by atoms with van der Waals surface area (Å²) in [6, 6.07) is 0. The van der Waals surface area contributed by atoms with Crippen molar-refractivity contribution < 1.29 is 28.4 Å². The molecule has 4 aliphatic rings. The number of rotatable bonds is 20. The molecule has 0 saturated carbocycles. The second-order valence-electron chi connectivity index (χ2n) is 13.1. The van der Waals surface area contributed by atoms with E-state index in [4.69, 9.17) is 28.4 Å². The van der Waals surface area contributed by atoms with Crippen LogP contribution >= 0.6 is 0 Å². The van der Waals surface area contributed by atoms with Crippen LogP contribution in [0.15, 0.2) is 0 Å². The second-order valence-corrected chi connectivity index (χ2v) is 13.1. The van der Waals surface area contributed by atoms with Gasteiger partial charge in [-0.3, -0.25) is 0 Å². The van der Waals surface area contributed by atoms with E-state index in [1.54, 1.807) is 0 Å². The van der Waals surface area contributed by atoms with E-state index in [2.05, 4.69) is 20.8 Å². The van der Waals surface area contributed by atoms with Crippen LogP contribution in [0.25, 0.3) is 0 Å². The van der Waals surface area contributed by atoms with Crippen LogP contribution < -0.4 is 0 Å². The molecule has 1 unspecified atom stereocenters. The van der Waals surface area contributed by atoms with Crippen LogP contribution in [-0.2, 0) is 28.4 Å². The summed E-state index contributed by atoms with van der Waals surface area (Å²) in [6.45, 7) is 8.06. The molecule has 0 aromatic heterocycles. The summed E-state index contributed by atoms with van der Waals surface area (Å²) in [7, 11) is 0. The molecule has 7 atom stereocenters. The van der Waals surface area contributed by atoms with Gasteiger partial charge in [-0.05, 0) is 65.2 Å². The van der Waals surface area contributed by atoms with Crippen molar-refractivity contribution >= 4 is 0 Å². The Bertz CT molecular complexity index is 646. The topological polar surface area (TPSA) is 58.7 Å². The van der Waals surface area contributed by atoms with Gasteiger partial charge in [-0.1, -0.05) is 84.0 Å². The van der Waals surface area contributed by atoms with E-state index in [1.165, 1.54) is 83.5 Å². The fourth-order valence-corrected chi connectivity index (χ4v) is 6.77. The molecular formula is C33H60O6. The van der Waals surface area contributed by atoms with Gasteiger partial charge in [-0.25, -0.2) is 0 Å². The lowest BCUT2D eigenvalue weighted by Gasteiger charge is -2.31. The quantitative estimate of drug-likeness (QED) is 0.112. The van der Waals surface area contributed by atoms with Crippen molar-refractivity contribution in [3.05, 3.63) is 0 Å². The Morgan fingerprint density at radius 2 is 1.36 bits per heavy atom. The number of epoxide rings is 1. The van der Waals surface area contributed by atoms with E-state index < -0.39 is 5.79 Å². The molecule has 4 saturated heterocycles. The summed E-state index contributed by atoms with van der Waals surface area (Å²) >= 11 is 0. The molecular weight excluding hydrogens is 492 g/mol. The predicted molar refractivity (Wildman–Crippen MR) is 155 cm³/mol. The summed E-state index contributed by atoms with van der Waals surface area (Å²) in [4.78, 5) is 0. The van der Waals surface area contributed by atoms with Crippen LogP contribution in [0.5, 0.6) is 0 Å². The zero-order valence-electron chi connectivity index (χ0n) is 25.5. The summed E-state index contributed by atoms with van der Waals surface area (Å²) in [6.07, 6.45) is 25.7. The summed E-state index contributed by atoms with van der Waals surface area (Å²) in [5.74, 6) is -0.506. The largest absolute Gasteiger partial charge is 0.370 e. The van der Waals surface area contributed by atoms with E-state index in [9.17, 15) is 0 Å². The minimum atomic E-state index is -0.506. The highest BCUT2D eigenvalue weighted by molar-refractivity contribution is 4.90. The summed E-state index contributed by atoms with van der Waals surface area (Å²) in [5, 5.41) is 0. The number of hydrogen-bond acceptors (Lipinski definition) is 6. The van der Waals surface area contributed by atoms with Gasteiger partial charge in [0.25, 0.3) is 0 Å². The Morgan fingerprint density at radius 3 is 1.97 bits per heavy atom. The lowest BCUT2D eigenvalue weighted by Crippen LogP contribution is -2.37. The van der Waals surface area contributed by atoms with Gasteiger partial charge < -0.3 is 28.4 Å². The molecule has 6 nitrogen and oxygen atoms in total. The van der Waals surface area contributed by atoms with Gasteiger partial charge in [-0.2, -0.15) is 0 Å². The lowest BCUT2D eigenvalue weighted by atomic mass is 9.97. The van der Waals surface area contributed by atoms with Gasteiger partial charge >= 0.3 is 0 Å². The van der Waals surface area contributed by atoms with Gasteiger partial charge in [0.05, 0.1) is 37.1 Å². The minimum absolute atomic E-state index is 0.0384. The van der Waals surface area contributed by atoms with Crippen molar-refractivity contribution in [2.45, 2.75) is 198 Å². The Labute approximate surface area is 239 Å².